The number of benzene rings is 2. The molecule has 0 aliphatic carbocycles. The first-order valence-electron chi connectivity index (χ1n) is 7.29. The molecule has 0 aliphatic heterocycles. The molecule has 0 atom stereocenters. The van der Waals surface area contributed by atoms with E-state index in [0.29, 0.717) is 19.1 Å². The average molecular weight is 425 g/mol. The molecule has 0 saturated carbocycles. The van der Waals surface area contributed by atoms with Gasteiger partial charge in [0.2, 0.25) is 0 Å². The molecule has 0 saturated heterocycles. The fraction of sp³-hybridized carbons (Fsp3) is 0.278. The summed E-state index contributed by atoms with van der Waals surface area (Å²) in [5, 5.41) is 3.14. The molecule has 0 aromatic heterocycles. The second kappa shape index (κ2) is 9.52. The van der Waals surface area contributed by atoms with Gasteiger partial charge < -0.3 is 15.8 Å². The third-order valence-electron chi connectivity index (χ3n) is 3.33. The molecule has 2 aromatic carbocycles. The second-order valence-electron chi connectivity index (χ2n) is 5.40. The maximum absolute atomic E-state index is 5.99. The van der Waals surface area contributed by atoms with Gasteiger partial charge in [0, 0.05) is 12.8 Å². The van der Waals surface area contributed by atoms with Gasteiger partial charge in [0.05, 0.1) is 13.2 Å². The van der Waals surface area contributed by atoms with Gasteiger partial charge in [-0.25, -0.2) is 4.99 Å². The maximum Gasteiger partial charge on any atom is 0.193 e. The lowest BCUT2D eigenvalue weighted by Gasteiger charge is -2.09. The van der Waals surface area contributed by atoms with Gasteiger partial charge in [-0.05, 0) is 48.2 Å². The van der Waals surface area contributed by atoms with Crippen molar-refractivity contribution in [1.82, 2.24) is 0 Å². The zero-order valence-corrected chi connectivity index (χ0v) is 16.1. The van der Waals surface area contributed by atoms with Crippen LogP contribution in [0.15, 0.2) is 47.5 Å². The Morgan fingerprint density at radius 1 is 1.09 bits per heavy atom. The number of guanidine groups is 1. The van der Waals surface area contributed by atoms with Crippen molar-refractivity contribution in [2.75, 3.05) is 12.4 Å². The first-order valence-corrected chi connectivity index (χ1v) is 7.29. The van der Waals surface area contributed by atoms with Gasteiger partial charge in [-0.3, -0.25) is 0 Å². The van der Waals surface area contributed by atoms with E-state index < -0.39 is 0 Å². The van der Waals surface area contributed by atoms with Crippen LogP contribution in [0, 0.1) is 13.8 Å². The Balaban J connectivity index is 0.00000264. The fourth-order valence-electron chi connectivity index (χ4n) is 2.41. The van der Waals surface area contributed by atoms with E-state index >= 15 is 0 Å². The van der Waals surface area contributed by atoms with Crippen molar-refractivity contribution in [2.45, 2.75) is 27.0 Å². The number of aliphatic imine (C=N–C) groups is 1. The summed E-state index contributed by atoms with van der Waals surface area (Å²) < 4.78 is 5.20. The van der Waals surface area contributed by atoms with E-state index in [1.165, 1.54) is 11.1 Å². The minimum atomic E-state index is 0. The third-order valence-corrected chi connectivity index (χ3v) is 3.33. The van der Waals surface area contributed by atoms with Gasteiger partial charge in [-0.15, -0.1) is 24.0 Å². The smallest absolute Gasteiger partial charge is 0.193 e. The van der Waals surface area contributed by atoms with Crippen LogP contribution in [0.25, 0.3) is 0 Å². The lowest BCUT2D eigenvalue weighted by Crippen LogP contribution is -2.22. The molecule has 0 bridgehead atoms. The van der Waals surface area contributed by atoms with E-state index in [-0.39, 0.29) is 24.0 Å². The second-order valence-corrected chi connectivity index (χ2v) is 5.40. The van der Waals surface area contributed by atoms with Gasteiger partial charge in [-0.2, -0.15) is 0 Å². The van der Waals surface area contributed by atoms with Crippen LogP contribution in [0.5, 0.6) is 0 Å². The summed E-state index contributed by atoms with van der Waals surface area (Å²) >= 11 is 0. The van der Waals surface area contributed by atoms with Crippen LogP contribution in [0.2, 0.25) is 0 Å². The first-order chi connectivity index (χ1) is 10.6. The van der Waals surface area contributed by atoms with Crippen molar-refractivity contribution in [3.8, 4) is 0 Å². The number of rotatable bonds is 5. The van der Waals surface area contributed by atoms with E-state index in [1.54, 1.807) is 7.11 Å². The number of methoxy groups -OCH3 is 1. The minimum Gasteiger partial charge on any atom is -0.380 e. The lowest BCUT2D eigenvalue weighted by molar-refractivity contribution is 0.184. The molecule has 0 fully saturated rings. The number of hydrogen-bond donors (Lipinski definition) is 2. The van der Waals surface area contributed by atoms with Gasteiger partial charge >= 0.3 is 0 Å². The van der Waals surface area contributed by atoms with E-state index in [1.807, 2.05) is 36.4 Å². The van der Waals surface area contributed by atoms with Crippen LogP contribution >= 0.6 is 24.0 Å². The summed E-state index contributed by atoms with van der Waals surface area (Å²) in [6.07, 6.45) is 0. The predicted octanol–water partition coefficient (Wildman–Crippen LogP) is 3.99. The van der Waals surface area contributed by atoms with E-state index in [4.69, 9.17) is 10.5 Å². The number of nitrogens with zero attached hydrogens (tertiary/aromatic N) is 1. The Bertz CT molecular complexity index is 651. The average Bonchev–Trinajstić information content (AvgIpc) is 2.45. The van der Waals surface area contributed by atoms with Gasteiger partial charge in [-0.1, -0.05) is 30.3 Å². The topological polar surface area (TPSA) is 59.6 Å². The molecule has 0 amide bonds. The Morgan fingerprint density at radius 3 is 2.30 bits per heavy atom. The summed E-state index contributed by atoms with van der Waals surface area (Å²) in [5.41, 5.74) is 11.6. The lowest BCUT2D eigenvalue weighted by atomic mass is 10.1. The molecule has 2 aromatic rings. The van der Waals surface area contributed by atoms with Gasteiger partial charge in [0.15, 0.2) is 5.96 Å². The van der Waals surface area contributed by atoms with Crippen molar-refractivity contribution in [1.29, 1.82) is 0 Å². The molecule has 0 spiro atoms. The number of nitrogens with two attached hydrogens (primary N) is 1. The highest BCUT2D eigenvalue weighted by Gasteiger charge is 2.02. The molecule has 0 radical (unpaired) electrons. The van der Waals surface area contributed by atoms with E-state index in [2.05, 4.69) is 30.2 Å². The molecular formula is C18H24IN3O. The van der Waals surface area contributed by atoms with Crippen LogP contribution in [-0.4, -0.2) is 13.1 Å². The number of nitrogens with one attached hydrogen (secondary N) is 1. The Kier molecular flexibility index (Phi) is 8.05. The quantitative estimate of drug-likeness (QED) is 0.433. The zero-order chi connectivity index (χ0) is 15.9. The van der Waals surface area contributed by atoms with Crippen LogP contribution in [0.1, 0.15) is 22.3 Å². The number of hydrogen-bond acceptors (Lipinski definition) is 2. The minimum absolute atomic E-state index is 0. The van der Waals surface area contributed by atoms with Crippen LogP contribution in [0.3, 0.4) is 0 Å². The first kappa shape index (κ1) is 19.4. The number of halogens is 1. The van der Waals surface area contributed by atoms with Gasteiger partial charge in [0.25, 0.3) is 0 Å². The highest BCUT2D eigenvalue weighted by atomic mass is 127. The standard InChI is InChI=1S/C18H23N3O.HI/c1-13-8-14(2)10-17(9-13)21-18(19)20-11-15-6-4-5-7-16(15)12-22-3;/h4-10H,11-12H2,1-3H3,(H3,19,20,21);1H. The summed E-state index contributed by atoms with van der Waals surface area (Å²) in [7, 11) is 1.69. The molecule has 4 nitrogen and oxygen atoms in total. The molecule has 2 rings (SSSR count). The maximum atomic E-state index is 5.99. The molecule has 3 N–H and O–H groups in total. The van der Waals surface area contributed by atoms with Crippen LogP contribution in [-0.2, 0) is 17.9 Å². The van der Waals surface area contributed by atoms with Crippen molar-refractivity contribution in [3.63, 3.8) is 0 Å². The summed E-state index contributed by atoms with van der Waals surface area (Å²) in [6, 6.07) is 14.3. The normalized spacial score (nSPS) is 11.0. The number of ether oxygens (including phenoxy) is 1. The summed E-state index contributed by atoms with van der Waals surface area (Å²) in [4.78, 5) is 4.42. The highest BCUT2D eigenvalue weighted by molar-refractivity contribution is 14.0. The monoisotopic (exact) mass is 425 g/mol. The third kappa shape index (κ3) is 6.19. The van der Waals surface area contributed by atoms with Gasteiger partial charge in [0.1, 0.15) is 0 Å². The van der Waals surface area contributed by atoms with Crippen molar-refractivity contribution in [3.05, 3.63) is 64.7 Å². The van der Waals surface area contributed by atoms with Crippen molar-refractivity contribution in [2.24, 2.45) is 10.7 Å². The number of aryl methyl sites for hydroxylation is 2. The molecule has 0 heterocycles. The summed E-state index contributed by atoms with van der Waals surface area (Å²) in [6.45, 7) is 5.23. The zero-order valence-electron chi connectivity index (χ0n) is 13.8. The van der Waals surface area contributed by atoms with Crippen molar-refractivity contribution < 1.29 is 4.74 Å². The number of anilines is 1. The fourth-order valence-corrected chi connectivity index (χ4v) is 2.41. The van der Waals surface area contributed by atoms with Crippen LogP contribution < -0.4 is 11.1 Å². The Labute approximate surface area is 155 Å². The molecule has 124 valence electrons. The Hall–Kier alpha value is -1.60. The van der Waals surface area contributed by atoms with Crippen molar-refractivity contribution >= 4 is 35.6 Å². The van der Waals surface area contributed by atoms with E-state index in [9.17, 15) is 0 Å². The van der Waals surface area contributed by atoms with E-state index in [0.717, 1.165) is 16.8 Å². The molecular weight excluding hydrogens is 401 g/mol. The molecule has 5 heteroatoms. The molecule has 0 unspecified atom stereocenters. The predicted molar refractivity (Wildman–Crippen MR) is 107 cm³/mol. The summed E-state index contributed by atoms with van der Waals surface area (Å²) in [5.74, 6) is 0.414. The highest BCUT2D eigenvalue weighted by Crippen LogP contribution is 2.14. The molecule has 23 heavy (non-hydrogen) atoms. The molecule has 0 aliphatic rings. The SMILES string of the molecule is COCc1ccccc1CN=C(N)Nc1cc(C)cc(C)c1.I. The van der Waals surface area contributed by atoms with Crippen LogP contribution in [0.4, 0.5) is 5.69 Å². The largest absolute Gasteiger partial charge is 0.380 e. The Morgan fingerprint density at radius 2 is 1.70 bits per heavy atom.